The Morgan fingerprint density at radius 1 is 1.04 bits per heavy atom. The fourth-order valence-electron chi connectivity index (χ4n) is 3.18. The Bertz CT molecular complexity index is 673. The standard InChI is InChI=1S/C19H25N3OSSi/c1-19(2,3)25(17-10-6-4-7-11-17,18-12-8-5-9-13-18)23-14-16(15-24)21-22-20/h4-13,16,24H,14-15H2,1-3H3. The minimum absolute atomic E-state index is 0.0901. The molecule has 0 heterocycles. The van der Waals surface area contributed by atoms with Crippen LogP contribution in [-0.2, 0) is 4.43 Å². The summed E-state index contributed by atoms with van der Waals surface area (Å²) < 4.78 is 6.70. The molecule has 0 radical (unpaired) electrons. The van der Waals surface area contributed by atoms with Gasteiger partial charge in [-0.3, -0.25) is 0 Å². The first-order valence-electron chi connectivity index (χ1n) is 8.36. The lowest BCUT2D eigenvalue weighted by atomic mass is 10.2. The van der Waals surface area contributed by atoms with Gasteiger partial charge in [-0.1, -0.05) is 86.5 Å². The molecule has 25 heavy (non-hydrogen) atoms. The lowest BCUT2D eigenvalue weighted by Gasteiger charge is -2.43. The molecule has 6 heteroatoms. The Kier molecular flexibility index (Phi) is 6.73. The Morgan fingerprint density at radius 2 is 1.52 bits per heavy atom. The van der Waals surface area contributed by atoms with Crippen LogP contribution in [0.15, 0.2) is 65.8 Å². The van der Waals surface area contributed by atoms with E-state index in [1.54, 1.807) is 0 Å². The van der Waals surface area contributed by atoms with Gasteiger partial charge in [-0.25, -0.2) is 0 Å². The van der Waals surface area contributed by atoms with Crippen molar-refractivity contribution < 1.29 is 4.43 Å². The van der Waals surface area contributed by atoms with Crippen LogP contribution in [0.2, 0.25) is 5.04 Å². The van der Waals surface area contributed by atoms with Crippen molar-refractivity contribution in [3.63, 3.8) is 0 Å². The zero-order valence-electron chi connectivity index (χ0n) is 15.0. The molecule has 4 nitrogen and oxygen atoms in total. The molecule has 1 atom stereocenters. The predicted octanol–water partition coefficient (Wildman–Crippen LogP) is 4.17. The van der Waals surface area contributed by atoms with Crippen molar-refractivity contribution in [2.45, 2.75) is 31.9 Å². The van der Waals surface area contributed by atoms with Gasteiger partial charge < -0.3 is 4.43 Å². The van der Waals surface area contributed by atoms with Crippen LogP contribution in [0.3, 0.4) is 0 Å². The summed E-state index contributed by atoms with van der Waals surface area (Å²) in [6, 6.07) is 20.6. The average Bonchev–Trinajstić information content (AvgIpc) is 2.62. The van der Waals surface area contributed by atoms with E-state index in [0.717, 1.165) is 0 Å². The first kappa shape index (κ1) is 19.6. The van der Waals surface area contributed by atoms with E-state index in [0.29, 0.717) is 12.4 Å². The van der Waals surface area contributed by atoms with E-state index in [1.807, 2.05) is 12.1 Å². The Labute approximate surface area is 156 Å². The maximum Gasteiger partial charge on any atom is 0.261 e. The number of hydrogen-bond acceptors (Lipinski definition) is 3. The van der Waals surface area contributed by atoms with Gasteiger partial charge in [0.25, 0.3) is 8.32 Å². The van der Waals surface area contributed by atoms with Gasteiger partial charge in [-0.2, -0.15) is 12.6 Å². The van der Waals surface area contributed by atoms with Crippen molar-refractivity contribution in [2.24, 2.45) is 5.11 Å². The number of thiol groups is 1. The first-order chi connectivity index (χ1) is 12.0. The number of azide groups is 1. The van der Waals surface area contributed by atoms with Crippen LogP contribution >= 0.6 is 12.6 Å². The monoisotopic (exact) mass is 371 g/mol. The van der Waals surface area contributed by atoms with Crippen LogP contribution < -0.4 is 10.4 Å². The highest BCUT2D eigenvalue weighted by molar-refractivity contribution is 7.80. The molecule has 0 aliphatic heterocycles. The van der Waals surface area contributed by atoms with E-state index >= 15 is 0 Å². The molecule has 132 valence electrons. The highest BCUT2D eigenvalue weighted by Crippen LogP contribution is 2.36. The second-order valence-electron chi connectivity index (χ2n) is 7.02. The molecule has 0 aromatic heterocycles. The topological polar surface area (TPSA) is 58.0 Å². The molecule has 0 bridgehead atoms. The molecular formula is C19H25N3OSSi. The summed E-state index contributed by atoms with van der Waals surface area (Å²) in [5.74, 6) is 0.461. The van der Waals surface area contributed by atoms with Crippen molar-refractivity contribution in [1.29, 1.82) is 0 Å². The van der Waals surface area contributed by atoms with Crippen LogP contribution in [0.5, 0.6) is 0 Å². The first-order valence-corrected chi connectivity index (χ1v) is 10.9. The Hall–Kier alpha value is -1.72. The molecule has 2 rings (SSSR count). The highest BCUT2D eigenvalue weighted by atomic mass is 32.1. The molecule has 1 unspecified atom stereocenters. The van der Waals surface area contributed by atoms with Crippen molar-refractivity contribution in [2.75, 3.05) is 12.4 Å². The van der Waals surface area contributed by atoms with E-state index in [1.165, 1.54) is 10.4 Å². The quantitative estimate of drug-likeness (QED) is 0.256. The van der Waals surface area contributed by atoms with Gasteiger partial charge in [0.2, 0.25) is 0 Å². The third-order valence-corrected chi connectivity index (χ3v) is 9.76. The van der Waals surface area contributed by atoms with Crippen LogP contribution in [0.1, 0.15) is 20.8 Å². The number of nitrogens with zero attached hydrogens (tertiary/aromatic N) is 3. The van der Waals surface area contributed by atoms with Gasteiger partial charge in [0.15, 0.2) is 0 Å². The number of hydrogen-bond donors (Lipinski definition) is 1. The van der Waals surface area contributed by atoms with Gasteiger partial charge in [0.1, 0.15) is 0 Å². The number of rotatable bonds is 7. The molecule has 2 aromatic rings. The SMILES string of the molecule is CC(C)(C)[Si](OCC(CS)N=[N+]=[N-])(c1ccccc1)c1ccccc1. The maximum atomic E-state index is 8.77. The highest BCUT2D eigenvalue weighted by Gasteiger charge is 2.50. The third-order valence-electron chi connectivity index (χ3n) is 4.33. The van der Waals surface area contributed by atoms with Crippen molar-refractivity contribution in [3.05, 3.63) is 71.1 Å². The van der Waals surface area contributed by atoms with Crippen molar-refractivity contribution >= 4 is 31.3 Å². The minimum atomic E-state index is -2.57. The van der Waals surface area contributed by atoms with E-state index in [9.17, 15) is 0 Å². The second-order valence-corrected chi connectivity index (χ2v) is 11.7. The lowest BCUT2D eigenvalue weighted by molar-refractivity contribution is 0.280. The predicted molar refractivity (Wildman–Crippen MR) is 110 cm³/mol. The zero-order chi connectivity index (χ0) is 18.3. The summed E-state index contributed by atoms with van der Waals surface area (Å²) in [4.78, 5) is 2.93. The molecule has 0 aliphatic rings. The van der Waals surface area contributed by atoms with Crippen LogP contribution in [0.4, 0.5) is 0 Å². The van der Waals surface area contributed by atoms with E-state index < -0.39 is 8.32 Å². The van der Waals surface area contributed by atoms with E-state index in [-0.39, 0.29) is 11.1 Å². The summed E-state index contributed by atoms with van der Waals surface area (Å²) in [7, 11) is -2.57. The van der Waals surface area contributed by atoms with Crippen LogP contribution in [-0.4, -0.2) is 26.7 Å². The molecule has 0 saturated carbocycles. The van der Waals surface area contributed by atoms with Crippen LogP contribution in [0.25, 0.3) is 10.4 Å². The molecule has 0 N–H and O–H groups in total. The van der Waals surface area contributed by atoms with Gasteiger partial charge in [-0.15, -0.1) is 0 Å². The average molecular weight is 372 g/mol. The molecule has 0 aliphatic carbocycles. The Balaban J connectivity index is 2.58. The molecule has 0 amide bonds. The summed E-state index contributed by atoms with van der Waals surface area (Å²) in [5, 5.41) is 6.16. The summed E-state index contributed by atoms with van der Waals surface area (Å²) in [6.45, 7) is 7.04. The largest absolute Gasteiger partial charge is 0.407 e. The molecule has 2 aromatic carbocycles. The van der Waals surface area contributed by atoms with Gasteiger partial charge in [0.05, 0.1) is 6.04 Å². The summed E-state index contributed by atoms with van der Waals surface area (Å²) in [6.07, 6.45) is 0. The molecular weight excluding hydrogens is 346 g/mol. The maximum absolute atomic E-state index is 8.77. The lowest BCUT2D eigenvalue weighted by Crippen LogP contribution is -2.67. The van der Waals surface area contributed by atoms with Crippen LogP contribution in [0, 0.1) is 0 Å². The third kappa shape index (κ3) is 4.28. The molecule has 0 saturated heterocycles. The van der Waals surface area contributed by atoms with Gasteiger partial charge >= 0.3 is 0 Å². The zero-order valence-corrected chi connectivity index (χ0v) is 16.9. The number of benzene rings is 2. The molecule has 0 spiro atoms. The molecule has 0 fully saturated rings. The smallest absolute Gasteiger partial charge is 0.261 e. The van der Waals surface area contributed by atoms with E-state index in [2.05, 4.69) is 92.0 Å². The van der Waals surface area contributed by atoms with E-state index in [4.69, 9.17) is 9.96 Å². The normalized spacial score (nSPS) is 13.1. The van der Waals surface area contributed by atoms with Crippen molar-refractivity contribution in [1.82, 2.24) is 0 Å². The van der Waals surface area contributed by atoms with Gasteiger partial charge in [0, 0.05) is 17.3 Å². The fraction of sp³-hybridized carbons (Fsp3) is 0.368. The minimum Gasteiger partial charge on any atom is -0.407 e. The second kappa shape index (κ2) is 8.58. The fourth-order valence-corrected chi connectivity index (χ4v) is 7.95. The summed E-state index contributed by atoms with van der Waals surface area (Å²) in [5.41, 5.74) is 8.77. The van der Waals surface area contributed by atoms with Crippen molar-refractivity contribution in [3.8, 4) is 0 Å². The van der Waals surface area contributed by atoms with Gasteiger partial charge in [-0.05, 0) is 20.9 Å². The Morgan fingerprint density at radius 3 is 1.88 bits per heavy atom. The summed E-state index contributed by atoms with van der Waals surface area (Å²) >= 11 is 4.30.